The van der Waals surface area contributed by atoms with E-state index in [4.69, 9.17) is 17.0 Å². The Morgan fingerprint density at radius 3 is 2.83 bits per heavy atom. The first-order valence-electron chi connectivity index (χ1n) is 8.03. The highest BCUT2D eigenvalue weighted by molar-refractivity contribution is 7.80. The normalized spacial score (nSPS) is 16.5. The molecule has 0 fully saturated rings. The van der Waals surface area contributed by atoms with Crippen molar-refractivity contribution in [3.05, 3.63) is 53.3 Å². The molecule has 0 saturated carbocycles. The van der Waals surface area contributed by atoms with E-state index in [0.29, 0.717) is 5.11 Å². The molecule has 1 aliphatic heterocycles. The number of ether oxygens (including phenoxy) is 1. The highest BCUT2D eigenvalue weighted by Crippen LogP contribution is 2.33. The Bertz CT molecular complexity index is 778. The summed E-state index contributed by atoms with van der Waals surface area (Å²) in [7, 11) is 1.64. The molecule has 0 amide bonds. The van der Waals surface area contributed by atoms with Gasteiger partial charge in [-0.1, -0.05) is 6.07 Å². The number of hydrogen-bond donors (Lipinski definition) is 1. The summed E-state index contributed by atoms with van der Waals surface area (Å²) in [6.45, 7) is 4.16. The number of thiocarbonyl (C=S) groups is 1. The second-order valence-electron chi connectivity index (χ2n) is 6.16. The lowest BCUT2D eigenvalue weighted by molar-refractivity contribution is 0.417. The van der Waals surface area contributed by atoms with E-state index in [2.05, 4.69) is 17.1 Å². The summed E-state index contributed by atoms with van der Waals surface area (Å²) in [5, 5.41) is 3.89. The monoisotopic (exact) mass is 344 g/mol. The van der Waals surface area contributed by atoms with Crippen LogP contribution in [0.4, 0.5) is 15.8 Å². The second kappa shape index (κ2) is 6.77. The molecule has 2 aromatic rings. The quantitative estimate of drug-likeness (QED) is 0.800. The number of anilines is 2. The molecule has 1 heterocycles. The van der Waals surface area contributed by atoms with Gasteiger partial charge in [0.25, 0.3) is 0 Å². The number of nitrogens with one attached hydrogen (secondary N) is 1. The van der Waals surface area contributed by atoms with E-state index in [0.717, 1.165) is 41.1 Å². The summed E-state index contributed by atoms with van der Waals surface area (Å²) < 4.78 is 18.9. The predicted octanol–water partition coefficient (Wildman–Crippen LogP) is 4.68. The summed E-state index contributed by atoms with van der Waals surface area (Å²) in [5.74, 6) is 0.537. The van der Waals surface area contributed by atoms with Gasteiger partial charge >= 0.3 is 0 Å². The SMILES string of the molecule is COc1ccc(C)cc1NC(=S)N1c2ccc(F)cc2CCC1C. The molecule has 0 radical (unpaired) electrons. The van der Waals surface area contributed by atoms with E-state index < -0.39 is 0 Å². The van der Waals surface area contributed by atoms with Gasteiger partial charge in [0.15, 0.2) is 5.11 Å². The van der Waals surface area contributed by atoms with Gasteiger partial charge in [-0.25, -0.2) is 4.39 Å². The van der Waals surface area contributed by atoms with Crippen LogP contribution in [0.5, 0.6) is 5.75 Å². The third-order valence-electron chi connectivity index (χ3n) is 4.39. The summed E-state index contributed by atoms with van der Waals surface area (Å²) in [6.07, 6.45) is 1.80. The highest BCUT2D eigenvalue weighted by Gasteiger charge is 2.26. The predicted molar refractivity (Wildman–Crippen MR) is 101 cm³/mol. The molecule has 0 bridgehead atoms. The minimum atomic E-state index is -0.206. The Kier molecular flexibility index (Phi) is 4.71. The van der Waals surface area contributed by atoms with E-state index in [9.17, 15) is 4.39 Å². The van der Waals surface area contributed by atoms with Crippen molar-refractivity contribution in [2.75, 3.05) is 17.3 Å². The van der Waals surface area contributed by atoms with Crippen molar-refractivity contribution in [2.24, 2.45) is 0 Å². The fraction of sp³-hybridized carbons (Fsp3) is 0.316. The molecule has 2 aromatic carbocycles. The minimum Gasteiger partial charge on any atom is -0.495 e. The third kappa shape index (κ3) is 3.22. The average molecular weight is 344 g/mol. The van der Waals surface area contributed by atoms with Crippen LogP contribution in [-0.2, 0) is 6.42 Å². The van der Waals surface area contributed by atoms with Crippen molar-refractivity contribution < 1.29 is 9.13 Å². The maximum Gasteiger partial charge on any atom is 0.178 e. The van der Waals surface area contributed by atoms with Gasteiger partial charge < -0.3 is 15.0 Å². The first-order valence-corrected chi connectivity index (χ1v) is 8.43. The smallest absolute Gasteiger partial charge is 0.178 e. The number of nitrogens with zero attached hydrogens (tertiary/aromatic N) is 1. The van der Waals surface area contributed by atoms with Crippen molar-refractivity contribution in [1.29, 1.82) is 0 Å². The molecule has 0 aliphatic carbocycles. The largest absolute Gasteiger partial charge is 0.495 e. The highest BCUT2D eigenvalue weighted by atomic mass is 32.1. The average Bonchev–Trinajstić information content (AvgIpc) is 2.55. The molecule has 0 aromatic heterocycles. The van der Waals surface area contributed by atoms with Crippen LogP contribution in [0.25, 0.3) is 0 Å². The summed E-state index contributed by atoms with van der Waals surface area (Å²) in [6, 6.07) is 11.1. The molecule has 24 heavy (non-hydrogen) atoms. The number of rotatable bonds is 2. The first-order chi connectivity index (χ1) is 11.5. The van der Waals surface area contributed by atoms with Gasteiger partial charge in [0.05, 0.1) is 12.8 Å². The first kappa shape index (κ1) is 16.7. The van der Waals surface area contributed by atoms with Crippen LogP contribution in [-0.4, -0.2) is 18.3 Å². The zero-order valence-corrected chi connectivity index (χ0v) is 14.9. The van der Waals surface area contributed by atoms with Crippen LogP contribution in [0.2, 0.25) is 0 Å². The summed E-state index contributed by atoms with van der Waals surface area (Å²) >= 11 is 5.66. The van der Waals surface area contributed by atoms with E-state index in [1.54, 1.807) is 13.2 Å². The van der Waals surface area contributed by atoms with Crippen LogP contribution in [0.3, 0.4) is 0 Å². The number of methoxy groups -OCH3 is 1. The number of hydrogen-bond acceptors (Lipinski definition) is 2. The standard InChI is InChI=1S/C19H21FN2OS/c1-12-4-9-18(23-3)16(10-12)21-19(24)22-13(2)5-6-14-11-15(20)7-8-17(14)22/h4,7-11,13H,5-6H2,1-3H3,(H,21,24). The Hall–Kier alpha value is -2.14. The van der Waals surface area contributed by atoms with Gasteiger partial charge in [-0.15, -0.1) is 0 Å². The third-order valence-corrected chi connectivity index (χ3v) is 4.69. The van der Waals surface area contributed by atoms with Crippen molar-refractivity contribution in [3.8, 4) is 5.75 Å². The number of aryl methyl sites for hydroxylation is 2. The van der Waals surface area contributed by atoms with Gasteiger partial charge in [0.1, 0.15) is 11.6 Å². The number of halogens is 1. The van der Waals surface area contributed by atoms with Crippen LogP contribution in [0, 0.1) is 12.7 Å². The maximum atomic E-state index is 13.5. The molecule has 1 unspecified atom stereocenters. The van der Waals surface area contributed by atoms with E-state index >= 15 is 0 Å². The molecule has 0 spiro atoms. The fourth-order valence-corrected chi connectivity index (χ4v) is 3.51. The molecule has 5 heteroatoms. The molecule has 1 atom stereocenters. The molecule has 3 nitrogen and oxygen atoms in total. The van der Waals surface area contributed by atoms with Crippen LogP contribution < -0.4 is 15.0 Å². The summed E-state index contributed by atoms with van der Waals surface area (Å²) in [4.78, 5) is 2.06. The van der Waals surface area contributed by atoms with Crippen LogP contribution in [0.15, 0.2) is 36.4 Å². The van der Waals surface area contributed by atoms with Crippen molar-refractivity contribution >= 4 is 28.7 Å². The molecular weight excluding hydrogens is 323 g/mol. The van der Waals surface area contributed by atoms with Crippen molar-refractivity contribution in [2.45, 2.75) is 32.7 Å². The Labute approximate surface area is 147 Å². The zero-order valence-electron chi connectivity index (χ0n) is 14.1. The summed E-state index contributed by atoms with van der Waals surface area (Å²) in [5.41, 5.74) is 3.92. The topological polar surface area (TPSA) is 24.5 Å². The fourth-order valence-electron chi connectivity index (χ4n) is 3.12. The van der Waals surface area contributed by atoms with Crippen LogP contribution >= 0.6 is 12.2 Å². The lowest BCUT2D eigenvalue weighted by atomic mass is 9.97. The molecule has 0 saturated heterocycles. The van der Waals surface area contributed by atoms with Gasteiger partial charge in [-0.3, -0.25) is 0 Å². The van der Waals surface area contributed by atoms with E-state index in [1.165, 1.54) is 6.07 Å². The van der Waals surface area contributed by atoms with Gasteiger partial charge in [0.2, 0.25) is 0 Å². The Morgan fingerprint density at radius 2 is 2.08 bits per heavy atom. The maximum absolute atomic E-state index is 13.5. The van der Waals surface area contributed by atoms with E-state index in [1.807, 2.05) is 31.2 Å². The van der Waals surface area contributed by atoms with Crippen molar-refractivity contribution in [3.63, 3.8) is 0 Å². The number of fused-ring (bicyclic) bond motifs is 1. The lowest BCUT2D eigenvalue weighted by Crippen LogP contribution is -2.44. The second-order valence-corrected chi connectivity index (χ2v) is 6.55. The van der Waals surface area contributed by atoms with Gasteiger partial charge in [-0.05, 0) is 80.4 Å². The minimum absolute atomic E-state index is 0.206. The molecule has 126 valence electrons. The zero-order chi connectivity index (χ0) is 17.3. The molecule has 1 N–H and O–H groups in total. The molecule has 1 aliphatic rings. The van der Waals surface area contributed by atoms with Crippen molar-refractivity contribution in [1.82, 2.24) is 0 Å². The molecule has 3 rings (SSSR count). The van der Waals surface area contributed by atoms with Gasteiger partial charge in [-0.2, -0.15) is 0 Å². The Balaban J connectivity index is 1.92. The lowest BCUT2D eigenvalue weighted by Gasteiger charge is -2.37. The number of benzene rings is 2. The van der Waals surface area contributed by atoms with Gasteiger partial charge in [0, 0.05) is 11.7 Å². The van der Waals surface area contributed by atoms with E-state index in [-0.39, 0.29) is 11.9 Å². The van der Waals surface area contributed by atoms with Crippen LogP contribution in [0.1, 0.15) is 24.5 Å². The Morgan fingerprint density at radius 1 is 1.29 bits per heavy atom. The molecular formula is C19H21FN2OS.